The first kappa shape index (κ1) is 11.6. The molecule has 1 aliphatic rings. The van der Waals surface area contributed by atoms with Crippen LogP contribution in [0.15, 0.2) is 18.2 Å². The number of hydrogen-bond donors (Lipinski definition) is 0. The van der Waals surface area contributed by atoms with Crippen molar-refractivity contribution in [2.45, 2.75) is 58.0 Å². The van der Waals surface area contributed by atoms with Gasteiger partial charge in [-0.25, -0.2) is 4.39 Å². The van der Waals surface area contributed by atoms with Crippen molar-refractivity contribution in [3.05, 3.63) is 34.9 Å². The summed E-state index contributed by atoms with van der Waals surface area (Å²) in [6, 6.07) is 6.54. The number of alkyl halides is 1. The van der Waals surface area contributed by atoms with E-state index in [0.717, 1.165) is 6.42 Å². The van der Waals surface area contributed by atoms with E-state index in [1.165, 1.54) is 42.4 Å². The van der Waals surface area contributed by atoms with Gasteiger partial charge in [-0.1, -0.05) is 44.4 Å². The summed E-state index contributed by atoms with van der Waals surface area (Å²) < 4.78 is 13.2. The zero-order valence-corrected chi connectivity index (χ0v) is 10.1. The highest BCUT2D eigenvalue weighted by Crippen LogP contribution is 2.25. The molecule has 1 aliphatic carbocycles. The summed E-state index contributed by atoms with van der Waals surface area (Å²) >= 11 is 0. The maximum Gasteiger partial charge on any atom is 0.108 e. The van der Waals surface area contributed by atoms with Crippen LogP contribution in [0.4, 0.5) is 4.39 Å². The van der Waals surface area contributed by atoms with Gasteiger partial charge in [-0.15, -0.1) is 0 Å². The Bertz CT molecular complexity index is 343. The normalized spacial score (nSPS) is 18.8. The van der Waals surface area contributed by atoms with Crippen LogP contribution in [0, 0.1) is 0 Å². The van der Waals surface area contributed by atoms with Gasteiger partial charge in [0.2, 0.25) is 0 Å². The Morgan fingerprint density at radius 1 is 1.12 bits per heavy atom. The summed E-state index contributed by atoms with van der Waals surface area (Å²) in [5, 5.41) is 0. The molecule has 1 aromatic rings. The smallest absolute Gasteiger partial charge is 0.108 e. The number of aryl methyl sites for hydroxylation is 1. The third-order valence-corrected chi connectivity index (χ3v) is 3.47. The van der Waals surface area contributed by atoms with Crippen molar-refractivity contribution in [1.29, 1.82) is 0 Å². The Kier molecular flexibility index (Phi) is 3.98. The molecular formula is C15H21F. The highest BCUT2D eigenvalue weighted by atomic mass is 19.1. The second-order valence-electron chi connectivity index (χ2n) is 4.92. The zero-order valence-electron chi connectivity index (χ0n) is 10.1. The van der Waals surface area contributed by atoms with Gasteiger partial charge in [-0.3, -0.25) is 0 Å². The van der Waals surface area contributed by atoms with Gasteiger partial charge in [0.25, 0.3) is 0 Å². The molecule has 0 saturated heterocycles. The number of fused-ring (bicyclic) bond motifs is 1. The van der Waals surface area contributed by atoms with Gasteiger partial charge in [0.1, 0.15) is 6.17 Å². The molecular weight excluding hydrogens is 199 g/mol. The molecule has 0 bridgehead atoms. The average molecular weight is 220 g/mol. The van der Waals surface area contributed by atoms with Gasteiger partial charge in [-0.05, 0) is 29.5 Å². The van der Waals surface area contributed by atoms with Crippen molar-refractivity contribution in [3.8, 4) is 0 Å². The SMILES string of the molecule is CCCCCCc1ccc2c(c1)CC(F)C2. The summed E-state index contributed by atoms with van der Waals surface area (Å²) in [4.78, 5) is 0. The second kappa shape index (κ2) is 5.47. The maximum atomic E-state index is 13.2. The van der Waals surface area contributed by atoms with Crippen LogP contribution < -0.4 is 0 Å². The molecule has 0 fully saturated rings. The molecule has 0 amide bonds. The number of hydrogen-bond acceptors (Lipinski definition) is 0. The van der Waals surface area contributed by atoms with E-state index in [4.69, 9.17) is 0 Å². The predicted octanol–water partition coefficient (Wildman–Crippen LogP) is 4.25. The van der Waals surface area contributed by atoms with Gasteiger partial charge in [0.15, 0.2) is 0 Å². The molecule has 2 rings (SSSR count). The minimum Gasteiger partial charge on any atom is -0.247 e. The fourth-order valence-electron chi connectivity index (χ4n) is 2.53. The van der Waals surface area contributed by atoms with Crippen LogP contribution in [0.1, 0.15) is 49.3 Å². The fourth-order valence-corrected chi connectivity index (χ4v) is 2.53. The van der Waals surface area contributed by atoms with E-state index in [-0.39, 0.29) is 0 Å². The minimum atomic E-state index is -0.634. The van der Waals surface area contributed by atoms with Crippen LogP contribution in [0.3, 0.4) is 0 Å². The van der Waals surface area contributed by atoms with Crippen molar-refractivity contribution in [2.24, 2.45) is 0 Å². The van der Waals surface area contributed by atoms with Crippen LogP contribution in [0.5, 0.6) is 0 Å². The highest BCUT2D eigenvalue weighted by Gasteiger charge is 2.20. The van der Waals surface area contributed by atoms with E-state index in [9.17, 15) is 4.39 Å². The van der Waals surface area contributed by atoms with Gasteiger partial charge in [-0.2, -0.15) is 0 Å². The van der Waals surface area contributed by atoms with Crippen LogP contribution in [-0.2, 0) is 19.3 Å². The summed E-state index contributed by atoms with van der Waals surface area (Å²) in [7, 11) is 0. The highest BCUT2D eigenvalue weighted by molar-refractivity contribution is 5.36. The van der Waals surface area contributed by atoms with Crippen molar-refractivity contribution in [1.82, 2.24) is 0 Å². The van der Waals surface area contributed by atoms with Gasteiger partial charge >= 0.3 is 0 Å². The van der Waals surface area contributed by atoms with E-state index in [0.29, 0.717) is 12.8 Å². The molecule has 0 aromatic heterocycles. The fraction of sp³-hybridized carbons (Fsp3) is 0.600. The lowest BCUT2D eigenvalue weighted by Crippen LogP contribution is -1.95. The third-order valence-electron chi connectivity index (χ3n) is 3.47. The molecule has 1 atom stereocenters. The number of halogens is 1. The van der Waals surface area contributed by atoms with E-state index in [2.05, 4.69) is 25.1 Å². The Hall–Kier alpha value is -0.850. The van der Waals surface area contributed by atoms with Crippen LogP contribution in [-0.4, -0.2) is 6.17 Å². The third kappa shape index (κ3) is 2.84. The first-order valence-corrected chi connectivity index (χ1v) is 6.54. The van der Waals surface area contributed by atoms with Gasteiger partial charge in [0.05, 0.1) is 0 Å². The lowest BCUT2D eigenvalue weighted by atomic mass is 10.0. The lowest BCUT2D eigenvalue weighted by Gasteiger charge is -2.04. The molecule has 0 N–H and O–H groups in total. The molecule has 0 spiro atoms. The van der Waals surface area contributed by atoms with Crippen molar-refractivity contribution in [2.75, 3.05) is 0 Å². The monoisotopic (exact) mass is 220 g/mol. The van der Waals surface area contributed by atoms with Gasteiger partial charge < -0.3 is 0 Å². The van der Waals surface area contributed by atoms with Crippen molar-refractivity contribution in [3.63, 3.8) is 0 Å². The molecule has 0 saturated carbocycles. The molecule has 0 nitrogen and oxygen atoms in total. The maximum absolute atomic E-state index is 13.2. The topological polar surface area (TPSA) is 0 Å². The minimum absolute atomic E-state index is 0.630. The first-order chi connectivity index (χ1) is 7.79. The Balaban J connectivity index is 1.90. The van der Waals surface area contributed by atoms with E-state index >= 15 is 0 Å². The van der Waals surface area contributed by atoms with Gasteiger partial charge in [0, 0.05) is 12.8 Å². The van der Waals surface area contributed by atoms with E-state index in [1.54, 1.807) is 0 Å². The summed E-state index contributed by atoms with van der Waals surface area (Å²) in [6.45, 7) is 2.23. The second-order valence-corrected chi connectivity index (χ2v) is 4.92. The van der Waals surface area contributed by atoms with Crippen LogP contribution in [0.2, 0.25) is 0 Å². The van der Waals surface area contributed by atoms with Crippen molar-refractivity contribution >= 4 is 0 Å². The van der Waals surface area contributed by atoms with E-state index in [1.807, 2.05) is 0 Å². The molecule has 88 valence electrons. The average Bonchev–Trinajstić information content (AvgIpc) is 2.64. The standard InChI is InChI=1S/C15H21F/c1-2-3-4-5-6-12-7-8-13-10-15(16)11-14(13)9-12/h7-9,15H,2-6,10-11H2,1H3. The summed E-state index contributed by atoms with van der Waals surface area (Å²) in [6.07, 6.45) is 7.00. The summed E-state index contributed by atoms with van der Waals surface area (Å²) in [5.74, 6) is 0. The molecule has 1 unspecified atom stereocenters. The van der Waals surface area contributed by atoms with E-state index < -0.39 is 6.17 Å². The molecule has 0 aliphatic heterocycles. The number of unbranched alkanes of at least 4 members (excludes halogenated alkanes) is 3. The Labute approximate surface area is 97.9 Å². The van der Waals surface area contributed by atoms with Crippen LogP contribution in [0.25, 0.3) is 0 Å². The largest absolute Gasteiger partial charge is 0.247 e. The Morgan fingerprint density at radius 2 is 1.94 bits per heavy atom. The molecule has 0 heterocycles. The number of benzene rings is 1. The molecule has 1 heteroatoms. The predicted molar refractivity (Wildman–Crippen MR) is 66.6 cm³/mol. The lowest BCUT2D eigenvalue weighted by molar-refractivity contribution is 0.349. The van der Waals surface area contributed by atoms with Crippen LogP contribution >= 0.6 is 0 Å². The zero-order chi connectivity index (χ0) is 11.4. The number of rotatable bonds is 5. The molecule has 0 radical (unpaired) electrons. The molecule has 1 aromatic carbocycles. The van der Waals surface area contributed by atoms with Crippen molar-refractivity contribution < 1.29 is 4.39 Å². The Morgan fingerprint density at radius 3 is 2.75 bits per heavy atom. The quantitative estimate of drug-likeness (QED) is 0.651. The summed E-state index contributed by atoms with van der Waals surface area (Å²) in [5.41, 5.74) is 3.87. The molecule has 16 heavy (non-hydrogen) atoms. The first-order valence-electron chi connectivity index (χ1n) is 6.54.